The number of aryl methyl sites for hydroxylation is 1. The number of rotatable bonds is 6. The summed E-state index contributed by atoms with van der Waals surface area (Å²) in [6.07, 6.45) is 5.90. The molecule has 0 aliphatic rings. The Bertz CT molecular complexity index is 844. The Morgan fingerprint density at radius 2 is 2.00 bits per heavy atom. The van der Waals surface area contributed by atoms with E-state index < -0.39 is 0 Å². The highest BCUT2D eigenvalue weighted by Crippen LogP contribution is 2.26. The Kier molecular flexibility index (Phi) is 5.14. The lowest BCUT2D eigenvalue weighted by atomic mass is 10.0. The Morgan fingerprint density at radius 3 is 2.72 bits per heavy atom. The maximum absolute atomic E-state index is 12.6. The fraction of sp³-hybridized carbons (Fsp3) is 0.200. The van der Waals surface area contributed by atoms with Crippen LogP contribution in [0.5, 0.6) is 5.75 Å². The summed E-state index contributed by atoms with van der Waals surface area (Å²) in [7, 11) is 1.64. The van der Waals surface area contributed by atoms with Gasteiger partial charge in [-0.05, 0) is 48.4 Å². The van der Waals surface area contributed by atoms with Crippen LogP contribution in [-0.4, -0.2) is 22.6 Å². The highest BCUT2D eigenvalue weighted by atomic mass is 16.5. The first-order valence-electron chi connectivity index (χ1n) is 8.15. The van der Waals surface area contributed by atoms with Crippen molar-refractivity contribution < 1.29 is 9.53 Å². The molecule has 3 rings (SSSR count). The molecule has 3 aromatic rings. The van der Waals surface area contributed by atoms with Gasteiger partial charge >= 0.3 is 0 Å². The van der Waals surface area contributed by atoms with Crippen LogP contribution in [0.3, 0.4) is 0 Å². The van der Waals surface area contributed by atoms with Crippen molar-refractivity contribution in [2.24, 2.45) is 0 Å². The fourth-order valence-electron chi connectivity index (χ4n) is 2.78. The molecule has 0 bridgehead atoms. The quantitative estimate of drug-likeness (QED) is 0.745. The zero-order chi connectivity index (χ0) is 17.6. The lowest BCUT2D eigenvalue weighted by molar-refractivity contribution is -0.116. The molecule has 5 nitrogen and oxygen atoms in total. The summed E-state index contributed by atoms with van der Waals surface area (Å²) >= 11 is 0. The highest BCUT2D eigenvalue weighted by Gasteiger charge is 2.18. The number of carbonyl (C=O) groups excluding carboxylic acids is 1. The van der Waals surface area contributed by atoms with E-state index in [0.29, 0.717) is 12.2 Å². The first-order chi connectivity index (χ1) is 12.2. The van der Waals surface area contributed by atoms with Gasteiger partial charge in [0.25, 0.3) is 0 Å². The van der Waals surface area contributed by atoms with E-state index in [0.717, 1.165) is 16.9 Å². The first-order valence-corrected chi connectivity index (χ1v) is 8.15. The van der Waals surface area contributed by atoms with Crippen LogP contribution in [0.25, 0.3) is 0 Å². The summed E-state index contributed by atoms with van der Waals surface area (Å²) in [5, 5.41) is 2.91. The number of aromatic nitrogens is 2. The molecule has 0 fully saturated rings. The number of methoxy groups -OCH3 is 1. The van der Waals surface area contributed by atoms with Crippen LogP contribution in [0.1, 0.15) is 23.6 Å². The number of ether oxygens (including phenoxy) is 1. The summed E-state index contributed by atoms with van der Waals surface area (Å²) < 4.78 is 7.35. The molecular weight excluding hydrogens is 314 g/mol. The van der Waals surface area contributed by atoms with Crippen molar-refractivity contribution in [2.75, 3.05) is 12.4 Å². The molecule has 5 heteroatoms. The minimum Gasteiger partial charge on any atom is -0.497 e. The molecule has 0 aliphatic carbocycles. The molecule has 0 saturated carbocycles. The molecule has 128 valence electrons. The molecule has 0 spiro atoms. The number of amides is 1. The van der Waals surface area contributed by atoms with Crippen molar-refractivity contribution >= 4 is 11.7 Å². The zero-order valence-electron chi connectivity index (χ0n) is 14.3. The predicted molar refractivity (Wildman–Crippen MR) is 97.8 cm³/mol. The predicted octanol–water partition coefficient (Wildman–Crippen LogP) is 3.82. The second-order valence-electron chi connectivity index (χ2n) is 5.84. The van der Waals surface area contributed by atoms with Crippen LogP contribution in [0, 0.1) is 6.92 Å². The monoisotopic (exact) mass is 335 g/mol. The van der Waals surface area contributed by atoms with Gasteiger partial charge in [0.05, 0.1) is 19.6 Å². The van der Waals surface area contributed by atoms with Crippen LogP contribution in [0.4, 0.5) is 5.82 Å². The molecule has 1 aromatic carbocycles. The number of benzene rings is 1. The molecule has 1 atom stereocenters. The van der Waals surface area contributed by atoms with Gasteiger partial charge in [0.15, 0.2) is 0 Å². The number of pyridine rings is 1. The lowest BCUT2D eigenvalue weighted by Gasteiger charge is -2.20. The van der Waals surface area contributed by atoms with E-state index in [4.69, 9.17) is 4.74 Å². The van der Waals surface area contributed by atoms with Gasteiger partial charge < -0.3 is 14.6 Å². The largest absolute Gasteiger partial charge is 0.497 e. The molecule has 0 aliphatic heterocycles. The Hall–Kier alpha value is -3.08. The molecule has 1 N–H and O–H groups in total. The van der Waals surface area contributed by atoms with Gasteiger partial charge in [0.2, 0.25) is 5.91 Å². The van der Waals surface area contributed by atoms with E-state index in [1.807, 2.05) is 72.4 Å². The van der Waals surface area contributed by atoms with E-state index >= 15 is 0 Å². The number of hydrogen-bond acceptors (Lipinski definition) is 3. The maximum atomic E-state index is 12.6. The number of anilines is 1. The molecule has 1 amide bonds. The third-order valence-electron chi connectivity index (χ3n) is 4.11. The Morgan fingerprint density at radius 1 is 1.20 bits per heavy atom. The van der Waals surface area contributed by atoms with E-state index in [9.17, 15) is 4.79 Å². The van der Waals surface area contributed by atoms with Crippen LogP contribution in [0.2, 0.25) is 0 Å². The fourth-order valence-corrected chi connectivity index (χ4v) is 2.78. The van der Waals surface area contributed by atoms with Crippen LogP contribution in [-0.2, 0) is 4.79 Å². The van der Waals surface area contributed by atoms with Gasteiger partial charge in [-0.25, -0.2) is 4.98 Å². The highest BCUT2D eigenvalue weighted by molar-refractivity contribution is 5.90. The van der Waals surface area contributed by atoms with Crippen molar-refractivity contribution in [1.29, 1.82) is 0 Å². The van der Waals surface area contributed by atoms with Gasteiger partial charge in [-0.3, -0.25) is 4.79 Å². The average molecular weight is 335 g/mol. The minimum absolute atomic E-state index is 0.0803. The van der Waals surface area contributed by atoms with Gasteiger partial charge in [-0.1, -0.05) is 18.2 Å². The second kappa shape index (κ2) is 7.66. The first kappa shape index (κ1) is 16.8. The zero-order valence-corrected chi connectivity index (χ0v) is 14.3. The van der Waals surface area contributed by atoms with Crippen molar-refractivity contribution in [1.82, 2.24) is 9.55 Å². The molecule has 0 radical (unpaired) electrons. The lowest BCUT2D eigenvalue weighted by Crippen LogP contribution is -2.20. The smallest absolute Gasteiger partial charge is 0.227 e. The molecule has 0 saturated heterocycles. The summed E-state index contributed by atoms with van der Waals surface area (Å²) in [4.78, 5) is 16.8. The van der Waals surface area contributed by atoms with Crippen molar-refractivity contribution in [3.63, 3.8) is 0 Å². The third-order valence-corrected chi connectivity index (χ3v) is 4.11. The van der Waals surface area contributed by atoms with Gasteiger partial charge in [-0.2, -0.15) is 0 Å². The standard InChI is InChI=1S/C20H21N3O2/c1-15-7-6-10-21-20(15)22-19(24)14-18(23-11-3-4-12-23)16-8-5-9-17(13-16)25-2/h3-13,18H,14H2,1-2H3,(H,21,22,24). The van der Waals surface area contributed by atoms with Crippen LogP contribution < -0.4 is 10.1 Å². The van der Waals surface area contributed by atoms with Gasteiger partial charge in [0, 0.05) is 18.6 Å². The topological polar surface area (TPSA) is 56.1 Å². The van der Waals surface area contributed by atoms with E-state index in [-0.39, 0.29) is 11.9 Å². The number of nitrogens with one attached hydrogen (secondary N) is 1. The number of hydrogen-bond donors (Lipinski definition) is 1. The molecule has 25 heavy (non-hydrogen) atoms. The summed E-state index contributed by atoms with van der Waals surface area (Å²) in [6, 6.07) is 15.4. The van der Waals surface area contributed by atoms with Crippen molar-refractivity contribution in [3.05, 3.63) is 78.2 Å². The van der Waals surface area contributed by atoms with E-state index in [2.05, 4.69) is 10.3 Å². The summed E-state index contributed by atoms with van der Waals surface area (Å²) in [6.45, 7) is 1.92. The normalized spacial score (nSPS) is 11.8. The molecule has 1 unspecified atom stereocenters. The van der Waals surface area contributed by atoms with Crippen LogP contribution in [0.15, 0.2) is 67.1 Å². The number of carbonyl (C=O) groups is 1. The van der Waals surface area contributed by atoms with Gasteiger partial charge in [-0.15, -0.1) is 0 Å². The van der Waals surface area contributed by atoms with E-state index in [1.165, 1.54) is 0 Å². The Balaban J connectivity index is 1.83. The minimum atomic E-state index is -0.117. The molecule has 2 aromatic heterocycles. The van der Waals surface area contributed by atoms with Crippen molar-refractivity contribution in [2.45, 2.75) is 19.4 Å². The average Bonchev–Trinajstić information content (AvgIpc) is 3.16. The van der Waals surface area contributed by atoms with E-state index in [1.54, 1.807) is 13.3 Å². The molecule has 2 heterocycles. The second-order valence-corrected chi connectivity index (χ2v) is 5.84. The Labute approximate surface area is 147 Å². The number of nitrogens with zero attached hydrogens (tertiary/aromatic N) is 2. The van der Waals surface area contributed by atoms with Gasteiger partial charge in [0.1, 0.15) is 11.6 Å². The van der Waals surface area contributed by atoms with Crippen molar-refractivity contribution in [3.8, 4) is 5.75 Å². The third kappa shape index (κ3) is 4.07. The maximum Gasteiger partial charge on any atom is 0.227 e. The summed E-state index contributed by atoms with van der Waals surface area (Å²) in [5.41, 5.74) is 1.96. The molecular formula is C20H21N3O2. The summed E-state index contributed by atoms with van der Waals surface area (Å²) in [5.74, 6) is 1.29. The SMILES string of the molecule is COc1cccc(C(CC(=O)Nc2ncccc2C)n2cccc2)c1. The van der Waals surface area contributed by atoms with Crippen LogP contribution >= 0.6 is 0 Å².